The minimum absolute atomic E-state index is 0.231. The molecule has 2 aromatic rings. The Morgan fingerprint density at radius 3 is 2.81 bits per heavy atom. The average molecular weight is 285 g/mol. The minimum atomic E-state index is -0.702. The number of pyridine rings is 1. The zero-order valence-electron chi connectivity index (χ0n) is 11.8. The van der Waals surface area contributed by atoms with E-state index in [0.29, 0.717) is 23.6 Å². The maximum absolute atomic E-state index is 12.7. The molecule has 0 aromatic carbocycles. The fraction of sp³-hybridized carbons (Fsp3) is 0.286. The number of aromatic nitrogens is 3. The van der Waals surface area contributed by atoms with Gasteiger partial charge < -0.3 is 10.6 Å². The zero-order chi connectivity index (χ0) is 15.0. The van der Waals surface area contributed by atoms with E-state index < -0.39 is 5.66 Å². The van der Waals surface area contributed by atoms with Crippen molar-refractivity contribution < 1.29 is 4.79 Å². The van der Waals surface area contributed by atoms with Gasteiger partial charge in [-0.2, -0.15) is 0 Å². The van der Waals surface area contributed by atoms with Gasteiger partial charge >= 0.3 is 0 Å². The first-order valence-electron chi connectivity index (χ1n) is 6.67. The number of rotatable bonds is 3. The van der Waals surface area contributed by atoms with Crippen molar-refractivity contribution in [2.24, 2.45) is 0 Å². The van der Waals surface area contributed by atoms with Crippen LogP contribution in [0, 0.1) is 0 Å². The molecular weight excluding hydrogens is 270 g/mol. The van der Waals surface area contributed by atoms with Crippen molar-refractivity contribution >= 4 is 17.4 Å². The zero-order valence-corrected chi connectivity index (χ0v) is 11.8. The minimum Gasteiger partial charge on any atom is -0.336 e. The molecule has 0 radical (unpaired) electrons. The van der Waals surface area contributed by atoms with Crippen LogP contribution in [0.5, 0.6) is 0 Å². The van der Waals surface area contributed by atoms with Crippen LogP contribution in [0.15, 0.2) is 35.5 Å². The highest BCUT2D eigenvalue weighted by Gasteiger charge is 2.38. The summed E-state index contributed by atoms with van der Waals surface area (Å²) < 4.78 is 1.50. The van der Waals surface area contributed by atoms with Crippen LogP contribution in [0.25, 0.3) is 0 Å². The van der Waals surface area contributed by atoms with E-state index in [1.165, 1.54) is 10.9 Å². The van der Waals surface area contributed by atoms with E-state index in [1.54, 1.807) is 24.4 Å². The molecule has 7 nitrogen and oxygen atoms in total. The third-order valence-corrected chi connectivity index (χ3v) is 3.72. The normalized spacial score (nSPS) is 20.0. The fourth-order valence-corrected chi connectivity index (χ4v) is 2.41. The van der Waals surface area contributed by atoms with Gasteiger partial charge in [-0.1, -0.05) is 6.92 Å². The van der Waals surface area contributed by atoms with Crippen molar-refractivity contribution in [2.75, 3.05) is 5.32 Å². The Morgan fingerprint density at radius 2 is 2.14 bits per heavy atom. The molecule has 0 saturated carbocycles. The Morgan fingerprint density at radius 1 is 1.33 bits per heavy atom. The number of fused-ring (bicyclic) bond motifs is 1. The second-order valence-electron chi connectivity index (χ2n) is 5.07. The molecule has 0 saturated heterocycles. The summed E-state index contributed by atoms with van der Waals surface area (Å²) in [5.41, 5.74) is -0.215. The van der Waals surface area contributed by atoms with E-state index in [-0.39, 0.29) is 11.5 Å². The van der Waals surface area contributed by atoms with Crippen LogP contribution in [0.3, 0.4) is 0 Å². The quantitative estimate of drug-likeness (QED) is 0.884. The lowest BCUT2D eigenvalue weighted by Crippen LogP contribution is -2.44. The first-order chi connectivity index (χ1) is 10.0. The van der Waals surface area contributed by atoms with E-state index in [4.69, 9.17) is 0 Å². The van der Waals surface area contributed by atoms with Gasteiger partial charge in [0.25, 0.3) is 11.5 Å². The number of nitrogens with zero attached hydrogens (tertiary/aromatic N) is 3. The first-order valence-corrected chi connectivity index (χ1v) is 6.67. The molecule has 108 valence electrons. The summed E-state index contributed by atoms with van der Waals surface area (Å²) in [6.45, 7) is 3.75. The topological polar surface area (TPSA) is 88.9 Å². The van der Waals surface area contributed by atoms with Crippen LogP contribution in [-0.4, -0.2) is 20.4 Å². The van der Waals surface area contributed by atoms with E-state index in [2.05, 4.69) is 20.6 Å². The highest BCUT2D eigenvalue weighted by atomic mass is 16.2. The average Bonchev–Trinajstić information content (AvgIpc) is 2.75. The Bertz CT molecular complexity index is 756. The van der Waals surface area contributed by atoms with Crippen molar-refractivity contribution in [3.05, 3.63) is 46.8 Å². The van der Waals surface area contributed by atoms with Gasteiger partial charge in [-0.15, -0.1) is 0 Å². The molecule has 21 heavy (non-hydrogen) atoms. The van der Waals surface area contributed by atoms with Crippen molar-refractivity contribution in [3.63, 3.8) is 0 Å². The molecule has 0 aliphatic carbocycles. The number of hydrogen-bond acceptors (Lipinski definition) is 5. The van der Waals surface area contributed by atoms with Crippen LogP contribution < -0.4 is 16.2 Å². The van der Waals surface area contributed by atoms with Crippen LogP contribution >= 0.6 is 0 Å². The third kappa shape index (κ3) is 2.06. The summed E-state index contributed by atoms with van der Waals surface area (Å²) in [5.74, 6) is 0.295. The number of anilines is 2. The van der Waals surface area contributed by atoms with E-state index >= 15 is 0 Å². The highest BCUT2D eigenvalue weighted by Crippen LogP contribution is 2.25. The molecule has 1 unspecified atom stereocenters. The van der Waals surface area contributed by atoms with Crippen LogP contribution in [0.1, 0.15) is 30.8 Å². The Labute approximate surface area is 121 Å². The third-order valence-electron chi connectivity index (χ3n) is 3.72. The molecule has 0 spiro atoms. The summed E-state index contributed by atoms with van der Waals surface area (Å²) in [6, 6.07) is 4.90. The van der Waals surface area contributed by atoms with E-state index in [1.807, 2.05) is 13.8 Å². The molecular formula is C14H15N5O2. The molecule has 2 aromatic heterocycles. The Kier molecular flexibility index (Phi) is 2.97. The summed E-state index contributed by atoms with van der Waals surface area (Å²) in [4.78, 5) is 32.5. The van der Waals surface area contributed by atoms with Crippen LogP contribution in [-0.2, 0) is 5.66 Å². The largest absolute Gasteiger partial charge is 0.336 e. The highest BCUT2D eigenvalue weighted by molar-refractivity contribution is 5.95. The lowest BCUT2D eigenvalue weighted by molar-refractivity contribution is 0.0924. The van der Waals surface area contributed by atoms with Crippen molar-refractivity contribution in [2.45, 2.75) is 25.9 Å². The van der Waals surface area contributed by atoms with E-state index in [9.17, 15) is 9.59 Å². The molecule has 1 aliphatic heterocycles. The summed E-state index contributed by atoms with van der Waals surface area (Å²) in [6.07, 6.45) is 3.60. The number of nitrogens with one attached hydrogen (secondary N) is 2. The SMILES string of the molecule is CCC1(C)NC(=O)c2ccc(Nc3ccncn3)c(=O)n21. The summed E-state index contributed by atoms with van der Waals surface area (Å²) in [5, 5.41) is 5.80. The smallest absolute Gasteiger partial charge is 0.276 e. The predicted molar refractivity (Wildman–Crippen MR) is 77.4 cm³/mol. The molecule has 1 amide bonds. The molecule has 1 atom stereocenters. The molecule has 2 N–H and O–H groups in total. The van der Waals surface area contributed by atoms with Crippen molar-refractivity contribution in [1.82, 2.24) is 19.9 Å². The van der Waals surface area contributed by atoms with Gasteiger partial charge in [-0.25, -0.2) is 9.97 Å². The van der Waals surface area contributed by atoms with E-state index in [0.717, 1.165) is 0 Å². The number of carbonyl (C=O) groups is 1. The first kappa shape index (κ1) is 13.3. The van der Waals surface area contributed by atoms with Gasteiger partial charge in [0.1, 0.15) is 29.2 Å². The van der Waals surface area contributed by atoms with Gasteiger partial charge in [-0.3, -0.25) is 14.2 Å². The Balaban J connectivity index is 2.09. The number of carbonyl (C=O) groups excluding carboxylic acids is 1. The molecule has 0 fully saturated rings. The monoisotopic (exact) mass is 285 g/mol. The van der Waals surface area contributed by atoms with Gasteiger partial charge in [-0.05, 0) is 31.5 Å². The molecule has 1 aliphatic rings. The maximum atomic E-state index is 12.7. The number of hydrogen-bond donors (Lipinski definition) is 2. The second kappa shape index (κ2) is 4.69. The van der Waals surface area contributed by atoms with Gasteiger partial charge in [0.05, 0.1) is 0 Å². The Hall–Kier alpha value is -2.70. The maximum Gasteiger partial charge on any atom is 0.276 e. The van der Waals surface area contributed by atoms with Crippen LogP contribution in [0.2, 0.25) is 0 Å². The number of amides is 1. The van der Waals surface area contributed by atoms with Crippen LogP contribution in [0.4, 0.5) is 11.5 Å². The molecule has 0 bridgehead atoms. The van der Waals surface area contributed by atoms with Gasteiger partial charge in [0.2, 0.25) is 0 Å². The fourth-order valence-electron chi connectivity index (χ4n) is 2.41. The standard InChI is InChI=1S/C14H15N5O2/c1-3-14(2)18-12(20)10-5-4-9(13(21)19(10)14)17-11-6-7-15-8-16-11/h4-8H,3H2,1-2H3,(H,18,20)(H,15,16,17). The predicted octanol–water partition coefficient (Wildman–Crippen LogP) is 1.21. The summed E-state index contributed by atoms with van der Waals surface area (Å²) in [7, 11) is 0. The molecule has 3 heterocycles. The van der Waals surface area contributed by atoms with Crippen molar-refractivity contribution in [1.29, 1.82) is 0 Å². The lowest BCUT2D eigenvalue weighted by Gasteiger charge is -2.25. The molecule has 7 heteroatoms. The second-order valence-corrected chi connectivity index (χ2v) is 5.07. The lowest BCUT2D eigenvalue weighted by atomic mass is 10.1. The van der Waals surface area contributed by atoms with Gasteiger partial charge in [0, 0.05) is 6.20 Å². The summed E-state index contributed by atoms with van der Waals surface area (Å²) >= 11 is 0. The van der Waals surface area contributed by atoms with Crippen molar-refractivity contribution in [3.8, 4) is 0 Å². The molecule has 3 rings (SSSR count). The van der Waals surface area contributed by atoms with Gasteiger partial charge in [0.15, 0.2) is 0 Å².